The Bertz CT molecular complexity index is 719. The van der Waals surface area contributed by atoms with Crippen LogP contribution in [0.25, 0.3) is 22.6 Å². The van der Waals surface area contributed by atoms with E-state index in [-0.39, 0.29) is 5.82 Å². The molecule has 3 rings (SSSR count). The molecule has 2 aromatic carbocycles. The van der Waals surface area contributed by atoms with Crippen LogP contribution in [0.15, 0.2) is 45.3 Å². The molecule has 0 amide bonds. The van der Waals surface area contributed by atoms with E-state index < -0.39 is 0 Å². The molecule has 1 heterocycles. The molecule has 0 fully saturated rings. The van der Waals surface area contributed by atoms with Gasteiger partial charge >= 0.3 is 0 Å². The minimum Gasteiger partial charge on any atom is -0.436 e. The number of rotatable bonds is 1. The summed E-state index contributed by atoms with van der Waals surface area (Å²) in [6.45, 7) is 0. The Morgan fingerprint density at radius 1 is 1.17 bits per heavy atom. The molecule has 2 N–H and O–H groups in total. The number of benzene rings is 2. The number of nitrogen functional groups attached to an aromatic ring is 1. The summed E-state index contributed by atoms with van der Waals surface area (Å²) in [5, 5.41) is 0. The Balaban J connectivity index is 2.19. The molecule has 90 valence electrons. The summed E-state index contributed by atoms with van der Waals surface area (Å²) >= 11 is 3.24. The van der Waals surface area contributed by atoms with Crippen LogP contribution in [0, 0.1) is 5.82 Å². The van der Waals surface area contributed by atoms with E-state index in [2.05, 4.69) is 20.9 Å². The number of fused-ring (bicyclic) bond motifs is 1. The van der Waals surface area contributed by atoms with Gasteiger partial charge in [-0.15, -0.1) is 0 Å². The number of hydrogen-bond donors (Lipinski definition) is 1. The van der Waals surface area contributed by atoms with E-state index in [0.29, 0.717) is 32.7 Å². The summed E-state index contributed by atoms with van der Waals surface area (Å²) in [6, 6.07) is 9.70. The zero-order chi connectivity index (χ0) is 12.7. The molecular weight excluding hydrogens is 299 g/mol. The Labute approximate surface area is 111 Å². The second-order valence-electron chi connectivity index (χ2n) is 3.90. The first-order chi connectivity index (χ1) is 8.61. The van der Waals surface area contributed by atoms with Crippen LogP contribution in [0.3, 0.4) is 0 Å². The number of oxazole rings is 1. The zero-order valence-corrected chi connectivity index (χ0v) is 10.7. The maximum atomic E-state index is 13.3. The molecule has 3 aromatic rings. The Morgan fingerprint density at radius 3 is 2.78 bits per heavy atom. The molecule has 0 atom stereocenters. The summed E-state index contributed by atoms with van der Waals surface area (Å²) in [6.07, 6.45) is 0. The fourth-order valence-electron chi connectivity index (χ4n) is 1.75. The van der Waals surface area contributed by atoms with Crippen LogP contribution in [0.4, 0.5) is 10.1 Å². The van der Waals surface area contributed by atoms with Gasteiger partial charge in [0.05, 0.1) is 0 Å². The van der Waals surface area contributed by atoms with Crippen LogP contribution in [0.1, 0.15) is 0 Å². The first-order valence-corrected chi connectivity index (χ1v) is 6.04. The van der Waals surface area contributed by atoms with E-state index in [9.17, 15) is 4.39 Å². The number of anilines is 1. The van der Waals surface area contributed by atoms with Crippen molar-refractivity contribution in [2.75, 3.05) is 5.73 Å². The Hall–Kier alpha value is -1.88. The van der Waals surface area contributed by atoms with E-state index in [0.717, 1.165) is 0 Å². The number of nitrogens with zero attached hydrogens (tertiary/aromatic N) is 1. The molecular formula is C13H8BrFN2O. The SMILES string of the molecule is Nc1ccc2oc(-c3cc(F)cc(Br)c3)nc2c1. The lowest BCUT2D eigenvalue weighted by atomic mass is 10.2. The lowest BCUT2D eigenvalue weighted by Crippen LogP contribution is -1.82. The minimum absolute atomic E-state index is 0.346. The van der Waals surface area contributed by atoms with E-state index >= 15 is 0 Å². The molecule has 3 nitrogen and oxygen atoms in total. The van der Waals surface area contributed by atoms with Gasteiger partial charge in [-0.1, -0.05) is 15.9 Å². The van der Waals surface area contributed by atoms with Gasteiger partial charge in [0.15, 0.2) is 5.58 Å². The molecule has 5 heteroatoms. The molecule has 0 radical (unpaired) electrons. The highest BCUT2D eigenvalue weighted by atomic mass is 79.9. The fraction of sp³-hybridized carbons (Fsp3) is 0. The van der Waals surface area contributed by atoms with Crippen LogP contribution in [-0.2, 0) is 0 Å². The summed E-state index contributed by atoms with van der Waals surface area (Å²) in [5.41, 5.74) is 8.15. The van der Waals surface area contributed by atoms with Crippen LogP contribution in [0.5, 0.6) is 0 Å². The number of hydrogen-bond acceptors (Lipinski definition) is 3. The maximum absolute atomic E-state index is 13.3. The van der Waals surface area contributed by atoms with Crippen molar-refractivity contribution in [2.45, 2.75) is 0 Å². The van der Waals surface area contributed by atoms with Crippen molar-refractivity contribution in [1.82, 2.24) is 4.98 Å². The van der Waals surface area contributed by atoms with Gasteiger partial charge < -0.3 is 10.2 Å². The van der Waals surface area contributed by atoms with E-state index in [1.165, 1.54) is 12.1 Å². The van der Waals surface area contributed by atoms with E-state index in [1.807, 2.05) is 0 Å². The predicted molar refractivity (Wildman–Crippen MR) is 71.5 cm³/mol. The summed E-state index contributed by atoms with van der Waals surface area (Å²) < 4.78 is 19.5. The third kappa shape index (κ3) is 1.97. The number of aromatic nitrogens is 1. The summed E-state index contributed by atoms with van der Waals surface area (Å²) in [7, 11) is 0. The van der Waals surface area contributed by atoms with Gasteiger partial charge in [0, 0.05) is 15.7 Å². The predicted octanol–water partition coefficient (Wildman–Crippen LogP) is 3.98. The van der Waals surface area contributed by atoms with Crippen molar-refractivity contribution < 1.29 is 8.81 Å². The van der Waals surface area contributed by atoms with Crippen molar-refractivity contribution in [3.05, 3.63) is 46.7 Å². The zero-order valence-electron chi connectivity index (χ0n) is 9.15. The quantitative estimate of drug-likeness (QED) is 0.692. The van der Waals surface area contributed by atoms with Gasteiger partial charge in [0.1, 0.15) is 11.3 Å². The third-order valence-corrected chi connectivity index (χ3v) is 2.98. The lowest BCUT2D eigenvalue weighted by Gasteiger charge is -1.97. The molecule has 0 unspecified atom stereocenters. The molecule has 0 spiro atoms. The topological polar surface area (TPSA) is 52.0 Å². The van der Waals surface area contributed by atoms with Crippen molar-refractivity contribution in [2.24, 2.45) is 0 Å². The highest BCUT2D eigenvalue weighted by molar-refractivity contribution is 9.10. The minimum atomic E-state index is -0.346. The van der Waals surface area contributed by atoms with E-state index in [4.69, 9.17) is 10.2 Å². The molecule has 0 bridgehead atoms. The van der Waals surface area contributed by atoms with Crippen molar-refractivity contribution in [3.8, 4) is 11.5 Å². The van der Waals surface area contributed by atoms with Gasteiger partial charge in [-0.25, -0.2) is 9.37 Å². The number of nitrogens with two attached hydrogens (primary N) is 1. The molecule has 0 saturated carbocycles. The molecule has 18 heavy (non-hydrogen) atoms. The fourth-order valence-corrected chi connectivity index (χ4v) is 2.21. The summed E-state index contributed by atoms with van der Waals surface area (Å²) in [5.74, 6) is 0.0249. The van der Waals surface area contributed by atoms with Gasteiger partial charge in [0.25, 0.3) is 0 Å². The largest absolute Gasteiger partial charge is 0.436 e. The average molecular weight is 307 g/mol. The second kappa shape index (κ2) is 4.10. The number of halogens is 2. The van der Waals surface area contributed by atoms with Gasteiger partial charge in [-0.05, 0) is 36.4 Å². The normalized spacial score (nSPS) is 11.0. The molecule has 0 aliphatic heterocycles. The Kier molecular flexibility index (Phi) is 2.56. The van der Waals surface area contributed by atoms with Gasteiger partial charge in [-0.2, -0.15) is 0 Å². The first-order valence-electron chi connectivity index (χ1n) is 5.24. The summed E-state index contributed by atoms with van der Waals surface area (Å²) in [4.78, 5) is 4.29. The van der Waals surface area contributed by atoms with E-state index in [1.54, 1.807) is 24.3 Å². The van der Waals surface area contributed by atoms with Crippen LogP contribution in [0.2, 0.25) is 0 Å². The third-order valence-electron chi connectivity index (χ3n) is 2.52. The van der Waals surface area contributed by atoms with Crippen LogP contribution < -0.4 is 5.73 Å². The van der Waals surface area contributed by atoms with Crippen molar-refractivity contribution >= 4 is 32.7 Å². The standard InChI is InChI=1S/C13H8BrFN2O/c14-8-3-7(4-9(15)5-8)13-17-11-6-10(16)1-2-12(11)18-13/h1-6H,16H2. The van der Waals surface area contributed by atoms with Crippen LogP contribution >= 0.6 is 15.9 Å². The van der Waals surface area contributed by atoms with Crippen molar-refractivity contribution in [3.63, 3.8) is 0 Å². The molecule has 0 aliphatic rings. The Morgan fingerprint density at radius 2 is 2.00 bits per heavy atom. The average Bonchev–Trinajstić information content (AvgIpc) is 2.70. The van der Waals surface area contributed by atoms with Crippen LogP contribution in [-0.4, -0.2) is 4.98 Å². The first kappa shape index (κ1) is 11.2. The van der Waals surface area contributed by atoms with Gasteiger partial charge in [-0.3, -0.25) is 0 Å². The highest BCUT2D eigenvalue weighted by Crippen LogP contribution is 2.28. The smallest absolute Gasteiger partial charge is 0.227 e. The van der Waals surface area contributed by atoms with Gasteiger partial charge in [0.2, 0.25) is 5.89 Å². The monoisotopic (exact) mass is 306 g/mol. The highest BCUT2D eigenvalue weighted by Gasteiger charge is 2.10. The maximum Gasteiger partial charge on any atom is 0.227 e. The lowest BCUT2D eigenvalue weighted by molar-refractivity contribution is 0.610. The molecule has 0 saturated heterocycles. The molecule has 0 aliphatic carbocycles. The second-order valence-corrected chi connectivity index (χ2v) is 4.82. The molecule has 1 aromatic heterocycles. The van der Waals surface area contributed by atoms with Crippen molar-refractivity contribution in [1.29, 1.82) is 0 Å².